The zero-order chi connectivity index (χ0) is 39.1. The van der Waals surface area contributed by atoms with Crippen LogP contribution in [-0.2, 0) is 28.2 Å². The van der Waals surface area contributed by atoms with E-state index >= 15 is 0 Å². The van der Waals surface area contributed by atoms with E-state index in [1.54, 1.807) is 6.08 Å². The topological polar surface area (TPSA) is 140 Å². The van der Waals surface area contributed by atoms with E-state index in [2.05, 4.69) is 24.4 Å². The number of carbonyl (C=O) groups is 2. The number of esters is 2. The Balaban J connectivity index is 3.93. The number of hydrogen-bond acceptors (Lipinski definition) is 7. The quantitative estimate of drug-likeness (QED) is 0.0183. The molecule has 0 amide bonds. The summed E-state index contributed by atoms with van der Waals surface area (Å²) in [7, 11) is -4.77. The molecule has 0 heterocycles. The Hall–Kier alpha value is -1.77. The fraction of sp³-hybridized carbons (Fsp3) is 0.814. The van der Waals surface area contributed by atoms with Gasteiger partial charge in [0, 0.05) is 12.8 Å². The molecule has 0 aromatic heterocycles. The number of ether oxygens (including phenoxy) is 2. The largest absolute Gasteiger partial charge is 0.469 e. The molecule has 0 saturated carbocycles. The number of phosphoric ester groups is 1. The van der Waals surface area contributed by atoms with Crippen molar-refractivity contribution in [3.05, 3.63) is 36.5 Å². The summed E-state index contributed by atoms with van der Waals surface area (Å²) in [6.45, 7) is 3.47. The van der Waals surface area contributed by atoms with Crippen LogP contribution in [0.2, 0.25) is 0 Å². The molecular weight excluding hydrogens is 691 g/mol. The van der Waals surface area contributed by atoms with Crippen LogP contribution in [0.15, 0.2) is 36.5 Å². The molecule has 0 aliphatic rings. The van der Waals surface area contributed by atoms with Gasteiger partial charge in [-0.25, -0.2) is 4.57 Å². The first-order chi connectivity index (χ1) is 25.7. The van der Waals surface area contributed by atoms with Crippen LogP contribution in [0.5, 0.6) is 0 Å². The third kappa shape index (κ3) is 41.2. The maximum atomic E-state index is 12.4. The summed E-state index contributed by atoms with van der Waals surface area (Å²) in [5.41, 5.74) is 0. The molecule has 0 aliphatic carbocycles. The van der Waals surface area contributed by atoms with Crippen molar-refractivity contribution in [2.75, 3.05) is 13.2 Å². The van der Waals surface area contributed by atoms with E-state index < -0.39 is 38.6 Å². The predicted octanol–water partition coefficient (Wildman–Crippen LogP) is 11.9. The van der Waals surface area contributed by atoms with Gasteiger partial charge in [0.1, 0.15) is 6.61 Å². The second-order valence-electron chi connectivity index (χ2n) is 14.5. The highest BCUT2D eigenvalue weighted by molar-refractivity contribution is 7.46. The van der Waals surface area contributed by atoms with Crippen molar-refractivity contribution < 1.29 is 43.0 Å². The highest BCUT2D eigenvalue weighted by Crippen LogP contribution is 2.36. The Morgan fingerprint density at radius 1 is 0.585 bits per heavy atom. The number of phosphoric acid groups is 1. The Labute approximate surface area is 324 Å². The molecular formula is C43H79O9P. The fourth-order valence-corrected chi connectivity index (χ4v) is 6.42. The van der Waals surface area contributed by atoms with E-state index in [1.807, 2.05) is 24.3 Å². The summed E-state index contributed by atoms with van der Waals surface area (Å²) in [5, 5.41) is 9.84. The van der Waals surface area contributed by atoms with Gasteiger partial charge in [-0.3, -0.25) is 14.1 Å². The van der Waals surface area contributed by atoms with Crippen LogP contribution < -0.4 is 0 Å². The van der Waals surface area contributed by atoms with E-state index in [9.17, 15) is 19.3 Å². The first kappa shape index (κ1) is 51.2. The minimum Gasteiger partial charge on any atom is -0.462 e. The van der Waals surface area contributed by atoms with Gasteiger partial charge in [0.05, 0.1) is 12.7 Å². The van der Waals surface area contributed by atoms with Gasteiger partial charge >= 0.3 is 19.8 Å². The monoisotopic (exact) mass is 771 g/mol. The van der Waals surface area contributed by atoms with Crippen molar-refractivity contribution in [2.24, 2.45) is 0 Å². The molecule has 0 bridgehead atoms. The molecule has 0 fully saturated rings. The second kappa shape index (κ2) is 38.5. The highest BCUT2D eigenvalue weighted by atomic mass is 31.2. The standard InChI is InChI=1S/C43H79O9P/c1-3-5-7-8-9-10-11-12-13-14-15-16-17-18-19-22-25-28-32-36-42(45)50-38-41(39-51-53(47,48)49)52-43(46)37-33-29-26-23-20-21-24-27-31-35-40(44)34-30-6-4-2/h6,24,27,30-31,35,40-41,44H,3-5,7-23,25-26,28-29,32-34,36-39H2,1-2H3,(H2,47,48,49)/b27-24+,30-6+,35-31+/t40?,41-/m1/s1. The van der Waals surface area contributed by atoms with E-state index in [1.165, 1.54) is 103 Å². The number of aliphatic hydroxyl groups is 1. The Morgan fingerprint density at radius 2 is 1.06 bits per heavy atom. The zero-order valence-electron chi connectivity index (χ0n) is 33.8. The van der Waals surface area contributed by atoms with Crippen LogP contribution in [0.1, 0.15) is 200 Å². The molecule has 310 valence electrons. The van der Waals surface area contributed by atoms with Gasteiger partial charge in [0.25, 0.3) is 0 Å². The number of aliphatic hydroxyl groups excluding tert-OH is 1. The lowest BCUT2D eigenvalue weighted by molar-refractivity contribution is -0.161. The molecule has 0 saturated heterocycles. The van der Waals surface area contributed by atoms with Crippen LogP contribution in [0.25, 0.3) is 0 Å². The lowest BCUT2D eigenvalue weighted by Gasteiger charge is -2.18. The van der Waals surface area contributed by atoms with Gasteiger partial charge < -0.3 is 24.4 Å². The van der Waals surface area contributed by atoms with Crippen LogP contribution in [0, 0.1) is 0 Å². The van der Waals surface area contributed by atoms with Crippen molar-refractivity contribution in [1.29, 1.82) is 0 Å². The van der Waals surface area contributed by atoms with Gasteiger partial charge in [-0.1, -0.05) is 185 Å². The number of allylic oxidation sites excluding steroid dienone is 4. The Bertz CT molecular complexity index is 975. The zero-order valence-corrected chi connectivity index (χ0v) is 34.7. The third-order valence-corrected chi connectivity index (χ3v) is 9.74. The molecule has 3 N–H and O–H groups in total. The van der Waals surface area contributed by atoms with Gasteiger partial charge in [-0.2, -0.15) is 0 Å². The molecule has 10 heteroatoms. The van der Waals surface area contributed by atoms with Gasteiger partial charge in [0.15, 0.2) is 6.10 Å². The van der Waals surface area contributed by atoms with Crippen molar-refractivity contribution in [2.45, 2.75) is 212 Å². The molecule has 0 aromatic carbocycles. The summed E-state index contributed by atoms with van der Waals surface area (Å²) >= 11 is 0. The van der Waals surface area contributed by atoms with E-state index in [-0.39, 0.29) is 19.4 Å². The number of hydrogen-bond donors (Lipinski definition) is 3. The lowest BCUT2D eigenvalue weighted by Crippen LogP contribution is -2.29. The average Bonchev–Trinajstić information content (AvgIpc) is 3.12. The van der Waals surface area contributed by atoms with Crippen molar-refractivity contribution >= 4 is 19.8 Å². The molecule has 0 rings (SSSR count). The Kier molecular flexibility index (Phi) is 37.2. The minimum absolute atomic E-state index is 0.167. The van der Waals surface area contributed by atoms with Crippen LogP contribution >= 0.6 is 7.82 Å². The normalized spacial score (nSPS) is 13.4. The van der Waals surface area contributed by atoms with E-state index in [0.29, 0.717) is 12.8 Å². The minimum atomic E-state index is -4.77. The predicted molar refractivity (Wildman–Crippen MR) is 218 cm³/mol. The maximum absolute atomic E-state index is 12.4. The molecule has 0 aromatic rings. The van der Waals surface area contributed by atoms with Crippen LogP contribution in [0.3, 0.4) is 0 Å². The van der Waals surface area contributed by atoms with Crippen molar-refractivity contribution in [1.82, 2.24) is 0 Å². The molecule has 1 unspecified atom stereocenters. The first-order valence-corrected chi connectivity index (χ1v) is 22.9. The van der Waals surface area contributed by atoms with Crippen LogP contribution in [0.4, 0.5) is 0 Å². The summed E-state index contributed by atoms with van der Waals surface area (Å²) in [4.78, 5) is 42.8. The molecule has 9 nitrogen and oxygen atoms in total. The molecule has 0 radical (unpaired) electrons. The number of unbranched alkanes of at least 4 members (excludes halogenated alkanes) is 23. The van der Waals surface area contributed by atoms with E-state index in [4.69, 9.17) is 19.3 Å². The first-order valence-electron chi connectivity index (χ1n) is 21.4. The third-order valence-electron chi connectivity index (χ3n) is 9.25. The van der Waals surface area contributed by atoms with Crippen molar-refractivity contribution in [3.8, 4) is 0 Å². The van der Waals surface area contributed by atoms with Crippen molar-refractivity contribution in [3.63, 3.8) is 0 Å². The maximum Gasteiger partial charge on any atom is 0.469 e. The lowest BCUT2D eigenvalue weighted by atomic mass is 10.0. The smallest absolute Gasteiger partial charge is 0.462 e. The molecule has 2 atom stereocenters. The number of rotatable bonds is 39. The summed E-state index contributed by atoms with van der Waals surface area (Å²) in [6, 6.07) is 0. The SMILES string of the molecule is CC/C=C/CC(O)/C=C/C=C/CCCCCCCC(=O)O[C@H](COC(=O)CCCCCCCCCCCCCCCCCCCCC)COP(=O)(O)O. The highest BCUT2D eigenvalue weighted by Gasteiger charge is 2.22. The molecule has 0 spiro atoms. The molecule has 53 heavy (non-hydrogen) atoms. The molecule has 0 aliphatic heterocycles. The fourth-order valence-electron chi connectivity index (χ4n) is 6.06. The van der Waals surface area contributed by atoms with E-state index in [0.717, 1.165) is 57.8 Å². The van der Waals surface area contributed by atoms with Gasteiger partial charge in [0.2, 0.25) is 0 Å². The van der Waals surface area contributed by atoms with Gasteiger partial charge in [-0.15, -0.1) is 0 Å². The average molecular weight is 771 g/mol. The van der Waals surface area contributed by atoms with Gasteiger partial charge in [-0.05, 0) is 38.5 Å². The summed E-state index contributed by atoms with van der Waals surface area (Å²) in [6.07, 6.45) is 42.0. The summed E-state index contributed by atoms with van der Waals surface area (Å²) < 4.78 is 26.4. The van der Waals surface area contributed by atoms with Crippen LogP contribution in [-0.4, -0.2) is 52.3 Å². The Morgan fingerprint density at radius 3 is 1.55 bits per heavy atom. The number of carbonyl (C=O) groups excluding carboxylic acids is 2. The second-order valence-corrected chi connectivity index (χ2v) is 15.7. The summed E-state index contributed by atoms with van der Waals surface area (Å²) in [5.74, 6) is -0.932.